The van der Waals surface area contributed by atoms with Gasteiger partial charge < -0.3 is 20.3 Å². The van der Waals surface area contributed by atoms with E-state index in [1.165, 1.54) is 7.11 Å². The zero-order chi connectivity index (χ0) is 13.8. The first kappa shape index (κ1) is 14.9. The van der Waals surface area contributed by atoms with E-state index >= 15 is 0 Å². The lowest BCUT2D eigenvalue weighted by molar-refractivity contribution is 0.0723. The molecule has 0 saturated heterocycles. The molecule has 0 heterocycles. The molecule has 100 valence electrons. The fraction of sp³-hybridized carbons (Fsp3) is 0.417. The predicted octanol–water partition coefficient (Wildman–Crippen LogP) is 0.931. The van der Waals surface area contributed by atoms with Crippen LogP contribution in [0.1, 0.15) is 17.3 Å². The summed E-state index contributed by atoms with van der Waals surface area (Å²) < 4.78 is 5.72. The number of carbonyl (C=O) groups excluding carboxylic acids is 1. The molecule has 0 fully saturated rings. The van der Waals surface area contributed by atoms with Crippen LogP contribution in [-0.2, 0) is 0 Å². The average molecular weight is 318 g/mol. The smallest absolute Gasteiger partial charge is 0.251 e. The molecule has 6 heteroatoms. The number of hydrogen-bond acceptors (Lipinski definition) is 4. The molecule has 0 aliphatic heterocycles. The fourth-order valence-corrected chi connectivity index (χ4v) is 1.82. The van der Waals surface area contributed by atoms with Crippen molar-refractivity contribution in [2.45, 2.75) is 12.5 Å². The highest BCUT2D eigenvalue weighted by molar-refractivity contribution is 9.10. The van der Waals surface area contributed by atoms with Crippen molar-refractivity contribution < 1.29 is 19.7 Å². The first-order valence-electron chi connectivity index (χ1n) is 5.33. The second kappa shape index (κ2) is 6.17. The molecule has 1 rings (SSSR count). The summed E-state index contributed by atoms with van der Waals surface area (Å²) in [4.78, 5) is 11.9. The van der Waals surface area contributed by atoms with Crippen LogP contribution in [0.2, 0.25) is 0 Å². The van der Waals surface area contributed by atoms with Crippen molar-refractivity contribution in [1.82, 2.24) is 5.32 Å². The van der Waals surface area contributed by atoms with Gasteiger partial charge in [-0.05, 0) is 41.1 Å². The Balaban J connectivity index is 2.88. The van der Waals surface area contributed by atoms with E-state index in [0.717, 1.165) is 0 Å². The van der Waals surface area contributed by atoms with Gasteiger partial charge in [0.2, 0.25) is 0 Å². The lowest BCUT2D eigenvalue weighted by atomic mass is 10.0. The molecule has 3 N–H and O–H groups in total. The van der Waals surface area contributed by atoms with Gasteiger partial charge >= 0.3 is 0 Å². The van der Waals surface area contributed by atoms with Gasteiger partial charge in [-0.1, -0.05) is 0 Å². The zero-order valence-corrected chi connectivity index (χ0v) is 11.8. The van der Waals surface area contributed by atoms with Crippen molar-refractivity contribution in [2.75, 3.05) is 20.3 Å². The Morgan fingerprint density at radius 1 is 1.44 bits per heavy atom. The monoisotopic (exact) mass is 317 g/mol. The van der Waals surface area contributed by atoms with Crippen LogP contribution < -0.4 is 10.1 Å². The third-order valence-electron chi connectivity index (χ3n) is 2.53. The highest BCUT2D eigenvalue weighted by Gasteiger charge is 2.25. The molecule has 5 nitrogen and oxygen atoms in total. The number of rotatable bonds is 5. The Labute approximate surface area is 114 Å². The predicted molar refractivity (Wildman–Crippen MR) is 70.7 cm³/mol. The van der Waals surface area contributed by atoms with Crippen LogP contribution in [0.25, 0.3) is 0 Å². The topological polar surface area (TPSA) is 78.8 Å². The number of nitrogens with one attached hydrogen (secondary N) is 1. The molecule has 0 unspecified atom stereocenters. The molecular formula is C12H16BrNO4. The van der Waals surface area contributed by atoms with Crippen LogP contribution >= 0.6 is 15.9 Å². The summed E-state index contributed by atoms with van der Waals surface area (Å²) in [5.41, 5.74) is -0.625. The van der Waals surface area contributed by atoms with Crippen molar-refractivity contribution in [3.8, 4) is 5.75 Å². The van der Waals surface area contributed by atoms with Gasteiger partial charge in [0, 0.05) is 5.56 Å². The minimum absolute atomic E-state index is 0.341. The van der Waals surface area contributed by atoms with Crippen molar-refractivity contribution in [3.63, 3.8) is 0 Å². The number of amides is 1. The summed E-state index contributed by atoms with van der Waals surface area (Å²) in [5, 5.41) is 20.8. The number of methoxy groups -OCH3 is 1. The van der Waals surface area contributed by atoms with E-state index in [1.54, 1.807) is 25.1 Å². The maximum Gasteiger partial charge on any atom is 0.251 e. The summed E-state index contributed by atoms with van der Waals surface area (Å²) in [6, 6.07) is 4.88. The van der Waals surface area contributed by atoms with Gasteiger partial charge in [0.15, 0.2) is 0 Å². The molecule has 0 spiro atoms. The van der Waals surface area contributed by atoms with Gasteiger partial charge in [0.05, 0.1) is 30.3 Å². The van der Waals surface area contributed by atoms with Gasteiger partial charge in [-0.15, -0.1) is 0 Å². The Morgan fingerprint density at radius 3 is 2.50 bits per heavy atom. The number of halogens is 1. The van der Waals surface area contributed by atoms with E-state index < -0.39 is 5.54 Å². The normalized spacial score (nSPS) is 11.2. The van der Waals surface area contributed by atoms with Crippen LogP contribution in [-0.4, -0.2) is 42.0 Å². The molecule has 1 amide bonds. The van der Waals surface area contributed by atoms with Crippen LogP contribution in [0.5, 0.6) is 5.75 Å². The van der Waals surface area contributed by atoms with E-state index in [1.807, 2.05) is 0 Å². The van der Waals surface area contributed by atoms with Gasteiger partial charge in [0.1, 0.15) is 5.75 Å². The molecule has 0 radical (unpaired) electrons. The van der Waals surface area contributed by atoms with Crippen LogP contribution in [0.4, 0.5) is 0 Å². The molecular weight excluding hydrogens is 302 g/mol. The number of carbonyl (C=O) groups is 1. The van der Waals surface area contributed by atoms with Crippen molar-refractivity contribution >= 4 is 21.8 Å². The SMILES string of the molecule is COc1ccc(C(=O)NC(C)(CO)CO)cc1Br. The molecule has 0 bridgehead atoms. The Morgan fingerprint density at radius 2 is 2.06 bits per heavy atom. The van der Waals surface area contributed by atoms with Crippen LogP contribution in [0.15, 0.2) is 22.7 Å². The summed E-state index contributed by atoms with van der Waals surface area (Å²) in [6.45, 7) is 0.878. The molecule has 18 heavy (non-hydrogen) atoms. The fourth-order valence-electron chi connectivity index (χ4n) is 1.28. The van der Waals surface area contributed by atoms with Gasteiger partial charge in [0.25, 0.3) is 5.91 Å². The maximum absolute atomic E-state index is 11.9. The average Bonchev–Trinajstić information content (AvgIpc) is 2.38. The van der Waals surface area contributed by atoms with Gasteiger partial charge in [-0.25, -0.2) is 0 Å². The second-order valence-electron chi connectivity index (χ2n) is 4.18. The molecule has 0 aromatic heterocycles. The summed E-state index contributed by atoms with van der Waals surface area (Å²) in [5.74, 6) is 0.252. The first-order valence-corrected chi connectivity index (χ1v) is 6.13. The number of aliphatic hydroxyl groups is 2. The lowest BCUT2D eigenvalue weighted by Crippen LogP contribution is -2.51. The molecule has 1 aromatic carbocycles. The number of hydrogen-bond donors (Lipinski definition) is 3. The third-order valence-corrected chi connectivity index (χ3v) is 3.15. The molecule has 0 aliphatic rings. The Hall–Kier alpha value is -1.11. The summed E-state index contributed by atoms with van der Waals surface area (Å²) in [7, 11) is 1.54. The minimum atomic E-state index is -1.04. The molecule has 0 atom stereocenters. The van der Waals surface area contributed by atoms with Crippen LogP contribution in [0.3, 0.4) is 0 Å². The summed E-state index contributed by atoms with van der Waals surface area (Å²) >= 11 is 3.29. The standard InChI is InChI=1S/C12H16BrNO4/c1-12(6-15,7-16)14-11(17)8-3-4-10(18-2)9(13)5-8/h3-5,15-16H,6-7H2,1-2H3,(H,14,17). The number of benzene rings is 1. The van der Waals surface area contributed by atoms with E-state index in [0.29, 0.717) is 15.8 Å². The largest absolute Gasteiger partial charge is 0.496 e. The zero-order valence-electron chi connectivity index (χ0n) is 10.2. The highest BCUT2D eigenvalue weighted by atomic mass is 79.9. The van der Waals surface area contributed by atoms with Crippen LogP contribution in [0, 0.1) is 0 Å². The number of ether oxygens (including phenoxy) is 1. The van der Waals surface area contributed by atoms with Crippen molar-refractivity contribution in [2.24, 2.45) is 0 Å². The summed E-state index contributed by atoms with van der Waals surface area (Å²) in [6.07, 6.45) is 0. The van der Waals surface area contributed by atoms with E-state index in [2.05, 4.69) is 21.2 Å². The quantitative estimate of drug-likeness (QED) is 0.755. The van der Waals surface area contributed by atoms with E-state index in [9.17, 15) is 4.79 Å². The first-order chi connectivity index (χ1) is 8.45. The molecule has 0 saturated carbocycles. The van der Waals surface area contributed by atoms with Crippen molar-refractivity contribution in [3.05, 3.63) is 28.2 Å². The number of aliphatic hydroxyl groups excluding tert-OH is 2. The third kappa shape index (κ3) is 3.44. The van der Waals surface area contributed by atoms with Gasteiger partial charge in [-0.3, -0.25) is 4.79 Å². The Bertz CT molecular complexity index is 432. The molecule has 1 aromatic rings. The highest BCUT2D eigenvalue weighted by Crippen LogP contribution is 2.25. The van der Waals surface area contributed by atoms with E-state index in [4.69, 9.17) is 14.9 Å². The Kier molecular flexibility index (Phi) is 5.13. The van der Waals surface area contributed by atoms with Gasteiger partial charge in [-0.2, -0.15) is 0 Å². The lowest BCUT2D eigenvalue weighted by Gasteiger charge is -2.26. The van der Waals surface area contributed by atoms with E-state index in [-0.39, 0.29) is 19.1 Å². The minimum Gasteiger partial charge on any atom is -0.496 e. The maximum atomic E-state index is 11.9. The van der Waals surface area contributed by atoms with Crippen molar-refractivity contribution in [1.29, 1.82) is 0 Å². The molecule has 0 aliphatic carbocycles. The second-order valence-corrected chi connectivity index (χ2v) is 5.03.